The first kappa shape index (κ1) is 18.7. The van der Waals surface area contributed by atoms with E-state index < -0.39 is 0 Å². The molecule has 1 amide bonds. The quantitative estimate of drug-likeness (QED) is 0.826. The second kappa shape index (κ2) is 9.00. The van der Waals surface area contributed by atoms with Crippen LogP contribution < -0.4 is 10.2 Å². The number of piperidine rings is 1. The summed E-state index contributed by atoms with van der Waals surface area (Å²) in [5.41, 5.74) is 2.41. The van der Waals surface area contributed by atoms with Crippen LogP contribution in [0, 0.1) is 5.92 Å². The fourth-order valence-electron chi connectivity index (χ4n) is 4.14. The number of nitrogens with one attached hydrogen (secondary N) is 1. The van der Waals surface area contributed by atoms with Gasteiger partial charge < -0.3 is 10.2 Å². The zero-order valence-corrected chi connectivity index (χ0v) is 15.9. The molecule has 3 heteroatoms. The number of hydrogen-bond acceptors (Lipinski definition) is 2. The van der Waals surface area contributed by atoms with E-state index in [1.54, 1.807) is 0 Å². The number of para-hydroxylation sites is 1. The highest BCUT2D eigenvalue weighted by Gasteiger charge is 2.34. The minimum absolute atomic E-state index is 0.223. The van der Waals surface area contributed by atoms with E-state index in [2.05, 4.69) is 59.6 Å². The van der Waals surface area contributed by atoms with Crippen molar-refractivity contribution in [1.82, 2.24) is 5.32 Å². The van der Waals surface area contributed by atoms with Crippen molar-refractivity contribution in [1.29, 1.82) is 0 Å². The molecular weight excluding hydrogens is 320 g/mol. The smallest absolute Gasteiger partial charge is 0.226 e. The first-order chi connectivity index (χ1) is 12.7. The lowest BCUT2D eigenvalue weighted by atomic mass is 9.82. The van der Waals surface area contributed by atoms with E-state index in [0.717, 1.165) is 31.6 Å². The Kier molecular flexibility index (Phi) is 6.45. The molecule has 3 unspecified atom stereocenters. The van der Waals surface area contributed by atoms with Gasteiger partial charge in [-0.05, 0) is 55.5 Å². The maximum Gasteiger partial charge on any atom is 0.226 e. The largest absolute Gasteiger partial charge is 0.316 e. The van der Waals surface area contributed by atoms with Crippen LogP contribution in [0.2, 0.25) is 0 Å². The molecule has 26 heavy (non-hydrogen) atoms. The summed E-state index contributed by atoms with van der Waals surface area (Å²) in [5.74, 6) is 1.16. The Bertz CT molecular complexity index is 686. The number of benzene rings is 2. The van der Waals surface area contributed by atoms with Gasteiger partial charge >= 0.3 is 0 Å². The second-order valence-electron chi connectivity index (χ2n) is 7.32. The fraction of sp³-hybridized carbons (Fsp3) is 0.435. The lowest BCUT2D eigenvalue weighted by molar-refractivity contribution is -0.119. The maximum absolute atomic E-state index is 12.8. The molecular formula is C23H30N2O. The van der Waals surface area contributed by atoms with Crippen LogP contribution in [0.25, 0.3) is 0 Å². The van der Waals surface area contributed by atoms with E-state index in [1.165, 1.54) is 5.56 Å². The van der Waals surface area contributed by atoms with Crippen LogP contribution in [-0.4, -0.2) is 25.0 Å². The van der Waals surface area contributed by atoms with Gasteiger partial charge in [0, 0.05) is 18.2 Å². The number of amides is 1. The summed E-state index contributed by atoms with van der Waals surface area (Å²) in [6.45, 7) is 6.21. The van der Waals surface area contributed by atoms with Crippen molar-refractivity contribution in [2.24, 2.45) is 5.92 Å². The molecule has 1 N–H and O–H groups in total. The van der Waals surface area contributed by atoms with E-state index in [9.17, 15) is 4.79 Å². The topological polar surface area (TPSA) is 32.3 Å². The second-order valence-corrected chi connectivity index (χ2v) is 7.32. The highest BCUT2D eigenvalue weighted by molar-refractivity contribution is 5.93. The van der Waals surface area contributed by atoms with Crippen LogP contribution >= 0.6 is 0 Å². The number of anilines is 1. The van der Waals surface area contributed by atoms with Crippen LogP contribution in [0.1, 0.15) is 44.6 Å². The number of carbonyl (C=O) groups excluding carboxylic acids is 1. The van der Waals surface area contributed by atoms with Gasteiger partial charge in [-0.1, -0.05) is 62.4 Å². The van der Waals surface area contributed by atoms with Gasteiger partial charge in [-0.3, -0.25) is 4.79 Å². The first-order valence-corrected chi connectivity index (χ1v) is 9.83. The molecule has 1 aliphatic rings. The Hall–Kier alpha value is -2.13. The molecule has 0 bridgehead atoms. The van der Waals surface area contributed by atoms with Gasteiger partial charge in [0.05, 0.1) is 0 Å². The number of rotatable bonds is 6. The molecule has 138 valence electrons. The van der Waals surface area contributed by atoms with E-state index in [0.29, 0.717) is 18.3 Å². The van der Waals surface area contributed by atoms with Gasteiger partial charge in [0.1, 0.15) is 0 Å². The van der Waals surface area contributed by atoms with Crippen LogP contribution in [0.15, 0.2) is 60.7 Å². The summed E-state index contributed by atoms with van der Waals surface area (Å²) in [6, 6.07) is 21.1. The van der Waals surface area contributed by atoms with E-state index >= 15 is 0 Å². The van der Waals surface area contributed by atoms with Crippen LogP contribution in [0.5, 0.6) is 0 Å². The highest BCUT2D eigenvalue weighted by atomic mass is 16.2. The predicted octanol–water partition coefficient (Wildman–Crippen LogP) is 4.60. The minimum atomic E-state index is 0.223. The van der Waals surface area contributed by atoms with Gasteiger partial charge in [-0.25, -0.2) is 0 Å². The molecule has 0 saturated carbocycles. The number of hydrogen-bond donors (Lipinski definition) is 1. The molecule has 0 aliphatic carbocycles. The molecule has 0 spiro atoms. The van der Waals surface area contributed by atoms with Gasteiger partial charge in [-0.15, -0.1) is 0 Å². The first-order valence-electron chi connectivity index (χ1n) is 9.83. The molecule has 0 radical (unpaired) electrons. The van der Waals surface area contributed by atoms with Crippen LogP contribution in [-0.2, 0) is 4.79 Å². The molecule has 1 saturated heterocycles. The summed E-state index contributed by atoms with van der Waals surface area (Å²) in [5, 5.41) is 3.55. The third kappa shape index (κ3) is 4.34. The van der Waals surface area contributed by atoms with Crippen LogP contribution in [0.3, 0.4) is 0 Å². The van der Waals surface area contributed by atoms with Gasteiger partial charge in [-0.2, -0.15) is 0 Å². The Morgan fingerprint density at radius 1 is 1.12 bits per heavy atom. The lowest BCUT2D eigenvalue weighted by Gasteiger charge is -2.41. The normalized spacial score (nSPS) is 21.2. The minimum Gasteiger partial charge on any atom is -0.316 e. The van der Waals surface area contributed by atoms with Crippen molar-refractivity contribution < 1.29 is 4.79 Å². The Morgan fingerprint density at radius 2 is 1.77 bits per heavy atom. The van der Waals surface area contributed by atoms with Crippen molar-refractivity contribution in [2.75, 3.05) is 18.0 Å². The zero-order chi connectivity index (χ0) is 18.4. The number of carbonyl (C=O) groups is 1. The Balaban J connectivity index is 1.83. The molecule has 1 fully saturated rings. The summed E-state index contributed by atoms with van der Waals surface area (Å²) in [4.78, 5) is 14.9. The summed E-state index contributed by atoms with van der Waals surface area (Å²) >= 11 is 0. The Labute approximate surface area is 157 Å². The van der Waals surface area contributed by atoms with Crippen molar-refractivity contribution in [3.05, 3.63) is 66.2 Å². The molecule has 0 aromatic heterocycles. The number of nitrogens with zero attached hydrogens (tertiary/aromatic N) is 1. The third-order valence-electron chi connectivity index (χ3n) is 5.53. The average molecular weight is 351 g/mol. The fourth-order valence-corrected chi connectivity index (χ4v) is 4.14. The van der Waals surface area contributed by atoms with E-state index in [1.807, 2.05) is 25.1 Å². The highest BCUT2D eigenvalue weighted by Crippen LogP contribution is 2.32. The third-order valence-corrected chi connectivity index (χ3v) is 5.53. The van der Waals surface area contributed by atoms with Gasteiger partial charge in [0.2, 0.25) is 5.91 Å². The molecule has 3 rings (SSSR count). The van der Waals surface area contributed by atoms with Crippen molar-refractivity contribution in [3.8, 4) is 0 Å². The Morgan fingerprint density at radius 3 is 2.42 bits per heavy atom. The molecule has 1 heterocycles. The predicted molar refractivity (Wildman–Crippen MR) is 108 cm³/mol. The molecule has 2 aromatic rings. The summed E-state index contributed by atoms with van der Waals surface area (Å²) in [7, 11) is 0. The standard InChI is InChI=1S/C23H30N2O/c1-3-23(26)25(21-12-8-5-9-13-21)22-14-15-24-17-20(22)16-18(2)19-10-6-4-7-11-19/h4-13,18,20,22,24H,3,14-17H2,1-2H3. The van der Waals surface area contributed by atoms with E-state index in [-0.39, 0.29) is 11.9 Å². The molecule has 2 aromatic carbocycles. The summed E-state index contributed by atoms with van der Waals surface area (Å²) in [6.07, 6.45) is 2.63. The van der Waals surface area contributed by atoms with Crippen molar-refractivity contribution in [2.45, 2.75) is 45.1 Å². The molecule has 3 nitrogen and oxygen atoms in total. The average Bonchev–Trinajstić information content (AvgIpc) is 2.70. The zero-order valence-electron chi connectivity index (χ0n) is 15.9. The van der Waals surface area contributed by atoms with Crippen molar-refractivity contribution >= 4 is 11.6 Å². The summed E-state index contributed by atoms with van der Waals surface area (Å²) < 4.78 is 0. The van der Waals surface area contributed by atoms with Crippen molar-refractivity contribution in [3.63, 3.8) is 0 Å². The monoisotopic (exact) mass is 350 g/mol. The molecule has 3 atom stereocenters. The maximum atomic E-state index is 12.8. The van der Waals surface area contributed by atoms with E-state index in [4.69, 9.17) is 0 Å². The van der Waals surface area contributed by atoms with Gasteiger partial charge in [0.25, 0.3) is 0 Å². The SMILES string of the molecule is CCC(=O)N(c1ccccc1)C1CCNCC1CC(C)c1ccccc1. The lowest BCUT2D eigenvalue weighted by Crippen LogP contribution is -2.52. The molecule has 1 aliphatic heterocycles. The van der Waals surface area contributed by atoms with Gasteiger partial charge in [0.15, 0.2) is 0 Å². The van der Waals surface area contributed by atoms with Crippen LogP contribution in [0.4, 0.5) is 5.69 Å².